The first kappa shape index (κ1) is 13.4. The highest BCUT2D eigenvalue weighted by molar-refractivity contribution is 7.80. The molecule has 2 rings (SSSR count). The van der Waals surface area contributed by atoms with Crippen molar-refractivity contribution in [3.63, 3.8) is 0 Å². The number of thiocarbonyl (C=S) groups is 1. The van der Waals surface area contributed by atoms with Crippen LogP contribution < -0.4 is 16.2 Å². The van der Waals surface area contributed by atoms with Gasteiger partial charge in [0.15, 0.2) is 5.11 Å². The Hall–Kier alpha value is -2.07. The van der Waals surface area contributed by atoms with E-state index in [1.165, 1.54) is 11.1 Å². The van der Waals surface area contributed by atoms with Gasteiger partial charge in [-0.1, -0.05) is 42.5 Å². The second-order valence-corrected chi connectivity index (χ2v) is 4.70. The molecule has 0 saturated heterocycles. The molecule has 0 atom stereocenters. The molecule has 0 heterocycles. The van der Waals surface area contributed by atoms with Crippen LogP contribution in [0.1, 0.15) is 11.1 Å². The molecule has 0 saturated carbocycles. The Labute approximate surface area is 119 Å². The summed E-state index contributed by atoms with van der Waals surface area (Å²) in [4.78, 5) is 0. The second kappa shape index (κ2) is 6.75. The summed E-state index contributed by atoms with van der Waals surface area (Å²) < 4.78 is 0. The molecule has 2 aromatic carbocycles. The number of benzene rings is 2. The molecule has 0 fully saturated rings. The lowest BCUT2D eigenvalue weighted by Gasteiger charge is -2.12. The highest BCUT2D eigenvalue weighted by Crippen LogP contribution is 2.07. The molecule has 0 aliphatic heterocycles. The van der Waals surface area contributed by atoms with Gasteiger partial charge in [0.05, 0.1) is 5.69 Å². The van der Waals surface area contributed by atoms with Crippen LogP contribution in [-0.2, 0) is 6.54 Å². The van der Waals surface area contributed by atoms with E-state index in [9.17, 15) is 0 Å². The van der Waals surface area contributed by atoms with E-state index in [1.807, 2.05) is 36.4 Å². The van der Waals surface area contributed by atoms with Crippen molar-refractivity contribution in [2.45, 2.75) is 13.5 Å². The Bertz CT molecular complexity index is 540. The van der Waals surface area contributed by atoms with Crippen LogP contribution >= 0.6 is 12.2 Å². The molecule has 3 N–H and O–H groups in total. The number of hydrogen-bond acceptors (Lipinski definition) is 2. The van der Waals surface area contributed by atoms with E-state index in [2.05, 4.69) is 41.3 Å². The van der Waals surface area contributed by atoms with Crippen molar-refractivity contribution in [1.82, 2.24) is 10.7 Å². The van der Waals surface area contributed by atoms with Gasteiger partial charge in [-0.25, -0.2) is 0 Å². The van der Waals surface area contributed by atoms with Gasteiger partial charge in [0.25, 0.3) is 0 Å². The van der Waals surface area contributed by atoms with E-state index in [4.69, 9.17) is 12.2 Å². The average molecular weight is 271 g/mol. The maximum absolute atomic E-state index is 5.20. The zero-order chi connectivity index (χ0) is 13.5. The molecule has 0 radical (unpaired) electrons. The van der Waals surface area contributed by atoms with Crippen molar-refractivity contribution < 1.29 is 0 Å². The lowest BCUT2D eigenvalue weighted by molar-refractivity contribution is 0.886. The third-order valence-corrected chi connectivity index (χ3v) is 2.88. The normalized spacial score (nSPS) is 9.74. The summed E-state index contributed by atoms with van der Waals surface area (Å²) in [6, 6.07) is 18.2. The summed E-state index contributed by atoms with van der Waals surface area (Å²) in [5.41, 5.74) is 9.42. The quantitative estimate of drug-likeness (QED) is 0.590. The molecule has 0 spiro atoms. The molecule has 0 unspecified atom stereocenters. The summed E-state index contributed by atoms with van der Waals surface area (Å²) >= 11 is 5.20. The minimum atomic E-state index is 0.574. The van der Waals surface area contributed by atoms with Crippen LogP contribution in [0, 0.1) is 6.92 Å². The Morgan fingerprint density at radius 3 is 2.58 bits per heavy atom. The van der Waals surface area contributed by atoms with Gasteiger partial charge in [-0.2, -0.15) is 0 Å². The largest absolute Gasteiger partial charge is 0.357 e. The van der Waals surface area contributed by atoms with E-state index in [0.717, 1.165) is 5.69 Å². The number of hydrogen-bond donors (Lipinski definition) is 3. The third kappa shape index (κ3) is 4.60. The van der Waals surface area contributed by atoms with Crippen molar-refractivity contribution in [3.8, 4) is 0 Å². The Morgan fingerprint density at radius 2 is 1.84 bits per heavy atom. The number of nitrogens with one attached hydrogen (secondary N) is 3. The van der Waals surface area contributed by atoms with E-state index in [0.29, 0.717) is 11.7 Å². The van der Waals surface area contributed by atoms with E-state index < -0.39 is 0 Å². The third-order valence-electron chi connectivity index (χ3n) is 2.63. The van der Waals surface area contributed by atoms with E-state index >= 15 is 0 Å². The molecule has 4 heteroatoms. The van der Waals surface area contributed by atoms with Gasteiger partial charge in [-0.3, -0.25) is 10.9 Å². The number of aryl methyl sites for hydroxylation is 1. The fourth-order valence-electron chi connectivity index (χ4n) is 1.67. The number of rotatable bonds is 4. The first-order chi connectivity index (χ1) is 9.24. The monoisotopic (exact) mass is 271 g/mol. The van der Waals surface area contributed by atoms with Gasteiger partial charge < -0.3 is 5.32 Å². The highest BCUT2D eigenvalue weighted by atomic mass is 32.1. The van der Waals surface area contributed by atoms with Crippen molar-refractivity contribution in [2.75, 3.05) is 5.43 Å². The Morgan fingerprint density at radius 1 is 1.05 bits per heavy atom. The predicted octanol–water partition coefficient (Wildman–Crippen LogP) is 2.99. The molecule has 19 heavy (non-hydrogen) atoms. The van der Waals surface area contributed by atoms with Crippen molar-refractivity contribution in [2.24, 2.45) is 0 Å². The van der Waals surface area contributed by atoms with Crippen LogP contribution in [0.5, 0.6) is 0 Å². The van der Waals surface area contributed by atoms with E-state index in [-0.39, 0.29) is 0 Å². The van der Waals surface area contributed by atoms with Crippen LogP contribution in [0.2, 0.25) is 0 Å². The standard InChI is InChI=1S/C15H17N3S/c1-12-6-5-9-14(10-12)17-18-15(19)16-11-13-7-3-2-4-8-13/h2-10,17H,11H2,1H3,(H2,16,18,19). The van der Waals surface area contributed by atoms with Gasteiger partial charge >= 0.3 is 0 Å². The molecular weight excluding hydrogens is 254 g/mol. The molecular formula is C15H17N3S. The van der Waals surface area contributed by atoms with Gasteiger partial charge in [0.1, 0.15) is 0 Å². The average Bonchev–Trinajstić information content (AvgIpc) is 2.44. The smallest absolute Gasteiger partial charge is 0.185 e. The first-order valence-corrected chi connectivity index (χ1v) is 6.55. The predicted molar refractivity (Wildman–Crippen MR) is 83.8 cm³/mol. The highest BCUT2D eigenvalue weighted by Gasteiger charge is 1.96. The fourth-order valence-corrected chi connectivity index (χ4v) is 1.80. The van der Waals surface area contributed by atoms with Crippen molar-refractivity contribution in [3.05, 3.63) is 65.7 Å². The van der Waals surface area contributed by atoms with Gasteiger partial charge in [0, 0.05) is 6.54 Å². The fraction of sp³-hybridized carbons (Fsp3) is 0.133. The minimum absolute atomic E-state index is 0.574. The number of hydrazine groups is 1. The molecule has 0 amide bonds. The SMILES string of the molecule is Cc1cccc(NNC(=S)NCc2ccccc2)c1. The Kier molecular flexibility index (Phi) is 4.75. The minimum Gasteiger partial charge on any atom is -0.357 e. The molecule has 98 valence electrons. The van der Waals surface area contributed by atoms with Crippen LogP contribution in [0.15, 0.2) is 54.6 Å². The van der Waals surface area contributed by atoms with Gasteiger partial charge in [0.2, 0.25) is 0 Å². The first-order valence-electron chi connectivity index (χ1n) is 6.14. The van der Waals surface area contributed by atoms with E-state index in [1.54, 1.807) is 0 Å². The molecule has 0 aromatic heterocycles. The lowest BCUT2D eigenvalue weighted by atomic mass is 10.2. The van der Waals surface area contributed by atoms with Crippen molar-refractivity contribution >= 4 is 23.0 Å². The molecule has 3 nitrogen and oxygen atoms in total. The van der Waals surface area contributed by atoms with Crippen LogP contribution in [0.25, 0.3) is 0 Å². The zero-order valence-corrected chi connectivity index (χ0v) is 11.6. The summed E-state index contributed by atoms with van der Waals surface area (Å²) in [5, 5.41) is 3.72. The van der Waals surface area contributed by atoms with Crippen LogP contribution in [0.4, 0.5) is 5.69 Å². The molecule has 0 bridgehead atoms. The summed E-state index contributed by atoms with van der Waals surface area (Å²) in [5.74, 6) is 0. The van der Waals surface area contributed by atoms with Gasteiger partial charge in [-0.05, 0) is 42.4 Å². The van der Waals surface area contributed by atoms with Crippen LogP contribution in [0.3, 0.4) is 0 Å². The maximum atomic E-state index is 5.20. The number of anilines is 1. The summed E-state index contributed by atoms with van der Waals surface area (Å²) in [6.45, 7) is 2.76. The van der Waals surface area contributed by atoms with Crippen molar-refractivity contribution in [1.29, 1.82) is 0 Å². The molecule has 2 aromatic rings. The van der Waals surface area contributed by atoms with Gasteiger partial charge in [-0.15, -0.1) is 0 Å². The lowest BCUT2D eigenvalue weighted by Crippen LogP contribution is -2.38. The maximum Gasteiger partial charge on any atom is 0.185 e. The summed E-state index contributed by atoms with van der Waals surface area (Å²) in [7, 11) is 0. The topological polar surface area (TPSA) is 36.1 Å². The zero-order valence-electron chi connectivity index (χ0n) is 10.8. The Balaban J connectivity index is 1.76. The molecule has 0 aliphatic rings. The van der Waals surface area contributed by atoms with Crippen LogP contribution in [-0.4, -0.2) is 5.11 Å². The second-order valence-electron chi connectivity index (χ2n) is 4.29. The summed E-state index contributed by atoms with van der Waals surface area (Å²) in [6.07, 6.45) is 0. The molecule has 0 aliphatic carbocycles.